The van der Waals surface area contributed by atoms with Gasteiger partial charge >= 0.3 is 0 Å². The molecule has 2 heterocycles. The Balaban J connectivity index is 1.66. The van der Waals surface area contributed by atoms with Crippen LogP contribution in [0, 0.1) is 0 Å². The van der Waals surface area contributed by atoms with Crippen LogP contribution in [0.1, 0.15) is 27.5 Å². The van der Waals surface area contributed by atoms with Crippen LogP contribution in [-0.4, -0.2) is 41.2 Å². The Morgan fingerprint density at radius 2 is 1.83 bits per heavy atom. The SMILES string of the molecule is O=C(c1ccccc1Br)N1CC(=O)N2CCc3ccccc3C2C1. The number of nitrogens with zero attached hydrogens (tertiary/aromatic N) is 2. The molecular formula is C19H17BrN2O2. The lowest BCUT2D eigenvalue weighted by molar-refractivity contribution is -0.139. The first-order valence-corrected chi connectivity index (χ1v) is 8.85. The van der Waals surface area contributed by atoms with Gasteiger partial charge in [0, 0.05) is 17.6 Å². The van der Waals surface area contributed by atoms with E-state index in [9.17, 15) is 9.59 Å². The van der Waals surface area contributed by atoms with Crippen molar-refractivity contribution >= 4 is 27.7 Å². The van der Waals surface area contributed by atoms with E-state index in [1.165, 1.54) is 11.1 Å². The summed E-state index contributed by atoms with van der Waals surface area (Å²) in [6, 6.07) is 15.5. The van der Waals surface area contributed by atoms with Crippen molar-refractivity contribution in [3.05, 3.63) is 69.7 Å². The molecule has 4 rings (SSSR count). The Morgan fingerprint density at radius 3 is 2.67 bits per heavy atom. The van der Waals surface area contributed by atoms with Crippen LogP contribution in [0.5, 0.6) is 0 Å². The molecule has 2 aliphatic heterocycles. The minimum Gasteiger partial charge on any atom is -0.332 e. The van der Waals surface area contributed by atoms with Gasteiger partial charge in [0.1, 0.15) is 6.54 Å². The second-order valence-electron chi connectivity index (χ2n) is 6.22. The fraction of sp³-hybridized carbons (Fsp3) is 0.263. The summed E-state index contributed by atoms with van der Waals surface area (Å²) in [6.07, 6.45) is 0.886. The normalized spacial score (nSPS) is 19.7. The average molecular weight is 385 g/mol. The largest absolute Gasteiger partial charge is 0.332 e. The van der Waals surface area contributed by atoms with Crippen molar-refractivity contribution in [2.75, 3.05) is 19.6 Å². The molecule has 0 aliphatic carbocycles. The zero-order chi connectivity index (χ0) is 16.7. The number of amides is 2. The first-order valence-electron chi connectivity index (χ1n) is 8.06. The van der Waals surface area contributed by atoms with E-state index >= 15 is 0 Å². The Hall–Kier alpha value is -2.14. The second kappa shape index (κ2) is 6.06. The Morgan fingerprint density at radius 1 is 1.08 bits per heavy atom. The summed E-state index contributed by atoms with van der Waals surface area (Å²) in [6.45, 7) is 1.43. The standard InChI is InChI=1S/C19H17BrN2O2/c20-16-8-4-3-7-15(16)19(24)21-11-17-14-6-2-1-5-13(14)9-10-22(17)18(23)12-21/h1-8,17H,9-12H2. The summed E-state index contributed by atoms with van der Waals surface area (Å²) in [4.78, 5) is 29.1. The Labute approximate surface area is 149 Å². The molecular weight excluding hydrogens is 368 g/mol. The highest BCUT2D eigenvalue weighted by Crippen LogP contribution is 2.33. The molecule has 24 heavy (non-hydrogen) atoms. The molecule has 0 N–H and O–H groups in total. The van der Waals surface area contributed by atoms with Gasteiger partial charge in [0.2, 0.25) is 5.91 Å². The van der Waals surface area contributed by atoms with Gasteiger partial charge in [0.15, 0.2) is 0 Å². The smallest absolute Gasteiger partial charge is 0.255 e. The van der Waals surface area contributed by atoms with Gasteiger partial charge in [-0.2, -0.15) is 0 Å². The topological polar surface area (TPSA) is 40.6 Å². The fourth-order valence-corrected chi connectivity index (χ4v) is 4.09. The van der Waals surface area contributed by atoms with E-state index in [-0.39, 0.29) is 24.4 Å². The Kier molecular flexibility index (Phi) is 3.88. The highest BCUT2D eigenvalue weighted by Gasteiger charge is 2.38. The van der Waals surface area contributed by atoms with Gasteiger partial charge in [-0.25, -0.2) is 0 Å². The number of carbonyl (C=O) groups excluding carboxylic acids is 2. The predicted molar refractivity (Wildman–Crippen MR) is 94.6 cm³/mol. The molecule has 0 spiro atoms. The number of fused-ring (bicyclic) bond motifs is 3. The van der Waals surface area contributed by atoms with Crippen LogP contribution in [0.3, 0.4) is 0 Å². The van der Waals surface area contributed by atoms with E-state index in [0.29, 0.717) is 12.1 Å². The van der Waals surface area contributed by atoms with Crippen LogP contribution in [0.4, 0.5) is 0 Å². The summed E-state index contributed by atoms with van der Waals surface area (Å²) in [7, 11) is 0. The average Bonchev–Trinajstić information content (AvgIpc) is 2.61. The molecule has 0 aromatic heterocycles. The van der Waals surface area contributed by atoms with Gasteiger partial charge in [0.05, 0.1) is 11.6 Å². The van der Waals surface area contributed by atoms with E-state index < -0.39 is 0 Å². The van der Waals surface area contributed by atoms with Gasteiger partial charge in [0.25, 0.3) is 5.91 Å². The van der Waals surface area contributed by atoms with E-state index in [0.717, 1.165) is 17.4 Å². The zero-order valence-corrected chi connectivity index (χ0v) is 14.7. The number of halogens is 1. The van der Waals surface area contributed by atoms with Crippen molar-refractivity contribution < 1.29 is 9.59 Å². The molecule has 1 unspecified atom stereocenters. The molecule has 2 aromatic rings. The maximum Gasteiger partial charge on any atom is 0.255 e. The summed E-state index contributed by atoms with van der Waals surface area (Å²) >= 11 is 3.43. The first-order chi connectivity index (χ1) is 11.6. The molecule has 0 saturated carbocycles. The number of hydrogen-bond acceptors (Lipinski definition) is 2. The third kappa shape index (κ3) is 2.53. The fourth-order valence-electron chi connectivity index (χ4n) is 3.63. The monoisotopic (exact) mass is 384 g/mol. The van der Waals surface area contributed by atoms with E-state index in [2.05, 4.69) is 28.1 Å². The quantitative estimate of drug-likeness (QED) is 0.757. The zero-order valence-electron chi connectivity index (χ0n) is 13.1. The van der Waals surface area contributed by atoms with Crippen molar-refractivity contribution in [3.63, 3.8) is 0 Å². The molecule has 1 atom stereocenters. The molecule has 4 nitrogen and oxygen atoms in total. The van der Waals surface area contributed by atoms with Crippen LogP contribution < -0.4 is 0 Å². The van der Waals surface area contributed by atoms with Crippen LogP contribution in [0.2, 0.25) is 0 Å². The van der Waals surface area contributed by atoms with Crippen molar-refractivity contribution in [2.45, 2.75) is 12.5 Å². The van der Waals surface area contributed by atoms with Crippen LogP contribution in [0.15, 0.2) is 53.0 Å². The first kappa shape index (κ1) is 15.4. The molecule has 2 aromatic carbocycles. The third-order valence-electron chi connectivity index (χ3n) is 4.84. The lowest BCUT2D eigenvalue weighted by Gasteiger charge is -2.44. The summed E-state index contributed by atoms with van der Waals surface area (Å²) in [5, 5.41) is 0. The minimum atomic E-state index is -0.0986. The van der Waals surface area contributed by atoms with Gasteiger partial charge in [-0.1, -0.05) is 36.4 Å². The minimum absolute atomic E-state index is 0.0288. The van der Waals surface area contributed by atoms with Crippen LogP contribution >= 0.6 is 15.9 Å². The van der Waals surface area contributed by atoms with Crippen molar-refractivity contribution in [2.24, 2.45) is 0 Å². The molecule has 2 amide bonds. The van der Waals surface area contributed by atoms with Crippen molar-refractivity contribution in [3.8, 4) is 0 Å². The molecule has 1 saturated heterocycles. The van der Waals surface area contributed by atoms with Crippen LogP contribution in [-0.2, 0) is 11.2 Å². The molecule has 122 valence electrons. The lowest BCUT2D eigenvalue weighted by Crippen LogP contribution is -2.55. The van der Waals surface area contributed by atoms with Crippen molar-refractivity contribution in [1.82, 2.24) is 9.80 Å². The number of hydrogen-bond donors (Lipinski definition) is 0. The van der Waals surface area contributed by atoms with Gasteiger partial charge in [-0.05, 0) is 45.6 Å². The van der Waals surface area contributed by atoms with Gasteiger partial charge in [-0.15, -0.1) is 0 Å². The van der Waals surface area contributed by atoms with E-state index in [1.807, 2.05) is 35.2 Å². The van der Waals surface area contributed by atoms with E-state index in [4.69, 9.17) is 0 Å². The summed E-state index contributed by atoms with van der Waals surface area (Å²) in [5.74, 6) is -0.0697. The molecule has 0 bridgehead atoms. The summed E-state index contributed by atoms with van der Waals surface area (Å²) in [5.41, 5.74) is 3.05. The number of carbonyl (C=O) groups is 2. The second-order valence-corrected chi connectivity index (χ2v) is 7.07. The highest BCUT2D eigenvalue weighted by molar-refractivity contribution is 9.10. The van der Waals surface area contributed by atoms with Gasteiger partial charge < -0.3 is 9.80 Å². The molecule has 0 radical (unpaired) electrons. The number of piperazine rings is 1. The van der Waals surface area contributed by atoms with E-state index in [1.54, 1.807) is 11.0 Å². The molecule has 2 aliphatic rings. The number of benzene rings is 2. The number of rotatable bonds is 1. The lowest BCUT2D eigenvalue weighted by atomic mass is 9.90. The molecule has 5 heteroatoms. The maximum atomic E-state index is 12.9. The third-order valence-corrected chi connectivity index (χ3v) is 5.54. The van der Waals surface area contributed by atoms with Crippen LogP contribution in [0.25, 0.3) is 0 Å². The summed E-state index contributed by atoms with van der Waals surface area (Å²) < 4.78 is 0.758. The maximum absolute atomic E-state index is 12.9. The van der Waals surface area contributed by atoms with Gasteiger partial charge in [-0.3, -0.25) is 9.59 Å². The Bertz CT molecular complexity index is 821. The molecule has 1 fully saturated rings. The van der Waals surface area contributed by atoms with Crippen molar-refractivity contribution in [1.29, 1.82) is 0 Å². The highest BCUT2D eigenvalue weighted by atomic mass is 79.9. The predicted octanol–water partition coefficient (Wildman–Crippen LogP) is 3.03.